The van der Waals surface area contributed by atoms with Crippen LogP contribution >= 0.6 is 44.3 Å². The highest BCUT2D eigenvalue weighted by molar-refractivity contribution is 8.76. The minimum atomic E-state index is 0.888. The molecule has 0 amide bonds. The van der Waals surface area contributed by atoms with Gasteiger partial charge in [0.15, 0.2) is 0 Å². The van der Waals surface area contributed by atoms with E-state index in [0.29, 0.717) is 0 Å². The second-order valence-electron chi connectivity index (χ2n) is 2.99. The molecule has 0 unspecified atom stereocenters. The summed E-state index contributed by atoms with van der Waals surface area (Å²) in [7, 11) is 3.70. The summed E-state index contributed by atoms with van der Waals surface area (Å²) in [5.74, 6) is 2.09. The van der Waals surface area contributed by atoms with Crippen LogP contribution in [0.15, 0.2) is 11.0 Å². The van der Waals surface area contributed by atoms with Gasteiger partial charge in [0.1, 0.15) is 11.0 Å². The van der Waals surface area contributed by atoms with Crippen molar-refractivity contribution in [2.45, 2.75) is 0 Å². The smallest absolute Gasteiger partial charge is 0.205 e. The van der Waals surface area contributed by atoms with Crippen LogP contribution in [0.5, 0.6) is 0 Å². The molecule has 0 aliphatic heterocycles. The van der Waals surface area contributed by atoms with Crippen molar-refractivity contribution in [2.75, 3.05) is 35.2 Å². The van der Waals surface area contributed by atoms with E-state index in [9.17, 15) is 0 Å². The fraction of sp³-hybridized carbons (Fsp3) is 0.500. The van der Waals surface area contributed by atoms with Gasteiger partial charge in [-0.3, -0.25) is 0 Å². The third-order valence-electron chi connectivity index (χ3n) is 1.73. The van der Waals surface area contributed by atoms with Crippen LogP contribution in [0.3, 0.4) is 0 Å². The maximum absolute atomic E-state index is 3.91. The number of aromatic nitrogens is 4. The van der Waals surface area contributed by atoms with Crippen molar-refractivity contribution >= 4 is 54.5 Å². The molecular weight excluding hydrogens is 308 g/mol. The lowest BCUT2D eigenvalue weighted by Gasteiger charge is -2.03. The van der Waals surface area contributed by atoms with Gasteiger partial charge in [-0.25, -0.2) is 0 Å². The summed E-state index contributed by atoms with van der Waals surface area (Å²) in [6.45, 7) is 1.83. The molecule has 2 N–H and O–H groups in total. The molecule has 0 aromatic carbocycles. The van der Waals surface area contributed by atoms with Crippen LogP contribution < -0.4 is 10.6 Å². The molecule has 2 aromatic rings. The molecule has 0 aliphatic carbocycles. The van der Waals surface area contributed by atoms with Crippen molar-refractivity contribution in [1.82, 2.24) is 20.4 Å². The number of hydrogen-bond acceptors (Lipinski definition) is 10. The average molecular weight is 320 g/mol. The number of rotatable bonds is 9. The Kier molecular flexibility index (Phi) is 6.54. The average Bonchev–Trinajstić information content (AvgIpc) is 3.05. The van der Waals surface area contributed by atoms with Gasteiger partial charge < -0.3 is 10.6 Å². The molecule has 0 fully saturated rings. The topological polar surface area (TPSA) is 75.6 Å². The molecule has 0 saturated heterocycles. The molecule has 2 aromatic heterocycles. The van der Waals surface area contributed by atoms with Crippen molar-refractivity contribution in [3.63, 3.8) is 0 Å². The van der Waals surface area contributed by atoms with E-state index in [0.717, 1.165) is 34.9 Å². The van der Waals surface area contributed by atoms with Gasteiger partial charge >= 0.3 is 0 Å². The third-order valence-corrected chi connectivity index (χ3v) is 5.43. The van der Waals surface area contributed by atoms with E-state index in [4.69, 9.17) is 0 Å². The first kappa shape index (κ1) is 13.8. The van der Waals surface area contributed by atoms with E-state index in [1.54, 1.807) is 11.0 Å². The standard InChI is InChI=1S/C8H12N6S4/c1(9-7-13-11-5-15-7)3-17-18-4-2-10-8-14-12-6-16-8/h5-6H,1-4H2,(H,9,13)(H,10,14). The lowest BCUT2D eigenvalue weighted by Crippen LogP contribution is -2.04. The summed E-state index contributed by atoms with van der Waals surface area (Å²) in [5, 5.41) is 23.6. The molecule has 0 spiro atoms. The summed E-state index contributed by atoms with van der Waals surface area (Å²) in [6.07, 6.45) is 0. The van der Waals surface area contributed by atoms with E-state index in [-0.39, 0.29) is 0 Å². The predicted molar refractivity (Wildman–Crippen MR) is 81.7 cm³/mol. The van der Waals surface area contributed by atoms with E-state index < -0.39 is 0 Å². The number of nitrogens with zero attached hydrogens (tertiary/aromatic N) is 4. The van der Waals surface area contributed by atoms with Gasteiger partial charge in [0.25, 0.3) is 0 Å². The Morgan fingerprint density at radius 1 is 0.889 bits per heavy atom. The first-order valence-corrected chi connectivity index (χ1v) is 9.44. The molecule has 2 heterocycles. The number of hydrogen-bond donors (Lipinski definition) is 2. The Labute approximate surface area is 121 Å². The van der Waals surface area contributed by atoms with Crippen LogP contribution in [0.25, 0.3) is 0 Å². The molecule has 0 atom stereocenters. The van der Waals surface area contributed by atoms with E-state index in [1.165, 1.54) is 22.7 Å². The van der Waals surface area contributed by atoms with Crippen molar-refractivity contribution in [2.24, 2.45) is 0 Å². The maximum atomic E-state index is 3.91. The fourth-order valence-electron chi connectivity index (χ4n) is 1.02. The Morgan fingerprint density at radius 2 is 1.39 bits per heavy atom. The molecule has 98 valence electrons. The Morgan fingerprint density at radius 3 is 1.78 bits per heavy atom. The van der Waals surface area contributed by atoms with Crippen LogP contribution in [0.2, 0.25) is 0 Å². The summed E-state index contributed by atoms with van der Waals surface area (Å²) in [5.41, 5.74) is 3.45. The normalized spacial score (nSPS) is 10.4. The highest BCUT2D eigenvalue weighted by Crippen LogP contribution is 2.20. The molecule has 0 saturated carbocycles. The second kappa shape index (κ2) is 8.51. The minimum absolute atomic E-state index is 0.888. The van der Waals surface area contributed by atoms with E-state index in [2.05, 4.69) is 31.0 Å². The zero-order chi connectivity index (χ0) is 12.5. The summed E-state index contributed by atoms with van der Waals surface area (Å²) in [6, 6.07) is 0. The zero-order valence-corrected chi connectivity index (χ0v) is 12.7. The molecule has 18 heavy (non-hydrogen) atoms. The highest BCUT2D eigenvalue weighted by Gasteiger charge is 1.96. The zero-order valence-electron chi connectivity index (χ0n) is 9.40. The fourth-order valence-corrected chi connectivity index (χ4v) is 3.78. The SMILES string of the molecule is c1nnc(NCCSSCCNc2nncs2)s1. The second-order valence-corrected chi connectivity index (χ2v) is 7.35. The highest BCUT2D eigenvalue weighted by atomic mass is 33.1. The van der Waals surface area contributed by atoms with Crippen LogP contribution in [0.4, 0.5) is 10.3 Å². The van der Waals surface area contributed by atoms with E-state index >= 15 is 0 Å². The first-order valence-electron chi connectivity index (χ1n) is 5.19. The lowest BCUT2D eigenvalue weighted by atomic mass is 10.7. The van der Waals surface area contributed by atoms with Crippen LogP contribution in [-0.2, 0) is 0 Å². The lowest BCUT2D eigenvalue weighted by molar-refractivity contribution is 1.07. The summed E-state index contributed by atoms with van der Waals surface area (Å²) in [4.78, 5) is 0. The van der Waals surface area contributed by atoms with E-state index in [1.807, 2.05) is 21.6 Å². The third kappa shape index (κ3) is 5.38. The van der Waals surface area contributed by atoms with Gasteiger partial charge in [-0.1, -0.05) is 44.3 Å². The van der Waals surface area contributed by atoms with Crippen LogP contribution in [-0.4, -0.2) is 45.0 Å². The quantitative estimate of drug-likeness (QED) is 0.538. The van der Waals surface area contributed by atoms with Crippen molar-refractivity contribution in [3.05, 3.63) is 11.0 Å². The van der Waals surface area contributed by atoms with Crippen LogP contribution in [0.1, 0.15) is 0 Å². The first-order chi connectivity index (χ1) is 8.95. The Bertz CT molecular complexity index is 365. The van der Waals surface area contributed by atoms with Gasteiger partial charge in [-0.05, 0) is 0 Å². The van der Waals surface area contributed by atoms with Gasteiger partial charge in [-0.2, -0.15) is 0 Å². The largest absolute Gasteiger partial charge is 0.359 e. The summed E-state index contributed by atoms with van der Waals surface area (Å²) < 4.78 is 0. The Balaban J connectivity index is 1.40. The van der Waals surface area contributed by atoms with Crippen LogP contribution in [0, 0.1) is 0 Å². The molecule has 0 radical (unpaired) electrons. The molecule has 0 aliphatic rings. The monoisotopic (exact) mass is 320 g/mol. The van der Waals surface area contributed by atoms with Gasteiger partial charge in [-0.15, -0.1) is 20.4 Å². The molecule has 0 bridgehead atoms. The Hall–Kier alpha value is -0.580. The van der Waals surface area contributed by atoms with Crippen molar-refractivity contribution < 1.29 is 0 Å². The van der Waals surface area contributed by atoms with Gasteiger partial charge in [0, 0.05) is 24.6 Å². The van der Waals surface area contributed by atoms with Crippen molar-refractivity contribution in [1.29, 1.82) is 0 Å². The molecule has 2 rings (SSSR count). The molecule has 6 nitrogen and oxygen atoms in total. The number of nitrogens with one attached hydrogen (secondary N) is 2. The minimum Gasteiger partial charge on any atom is -0.359 e. The van der Waals surface area contributed by atoms with Gasteiger partial charge in [0.05, 0.1) is 0 Å². The number of anilines is 2. The predicted octanol–water partition coefficient (Wildman–Crippen LogP) is 2.29. The summed E-state index contributed by atoms with van der Waals surface area (Å²) >= 11 is 3.04. The van der Waals surface area contributed by atoms with Crippen molar-refractivity contribution in [3.8, 4) is 0 Å². The molecular formula is C8H12N6S4. The van der Waals surface area contributed by atoms with Gasteiger partial charge in [0.2, 0.25) is 10.3 Å². The maximum Gasteiger partial charge on any atom is 0.205 e. The molecule has 10 heteroatoms.